The SMILES string of the molecule is CCOC(=O)[C@H]1CCc2sc(NC(=O)CNC(=O)c3ccc(=O)[nH]c3)nc21. The minimum absolute atomic E-state index is 0.243. The molecule has 0 spiro atoms. The number of thiazole rings is 1. The fourth-order valence-corrected chi connectivity index (χ4v) is 3.79. The molecule has 0 saturated carbocycles. The summed E-state index contributed by atoms with van der Waals surface area (Å²) in [6.45, 7) is 1.82. The second kappa shape index (κ2) is 8.12. The quantitative estimate of drug-likeness (QED) is 0.625. The first-order chi connectivity index (χ1) is 13.0. The molecule has 2 aromatic rings. The van der Waals surface area contributed by atoms with E-state index in [1.165, 1.54) is 29.7 Å². The van der Waals surface area contributed by atoms with Gasteiger partial charge in [0.25, 0.3) is 5.91 Å². The lowest BCUT2D eigenvalue weighted by Gasteiger charge is -2.08. The molecule has 0 aliphatic heterocycles. The molecule has 10 heteroatoms. The molecular formula is C17H18N4O5S. The van der Waals surface area contributed by atoms with E-state index in [4.69, 9.17) is 4.74 Å². The number of esters is 1. The van der Waals surface area contributed by atoms with E-state index in [9.17, 15) is 19.2 Å². The molecule has 142 valence electrons. The Morgan fingerprint density at radius 3 is 2.89 bits per heavy atom. The maximum Gasteiger partial charge on any atom is 0.315 e. The number of anilines is 1. The number of aryl methyl sites for hydroxylation is 1. The lowest BCUT2D eigenvalue weighted by Crippen LogP contribution is -2.33. The molecule has 0 unspecified atom stereocenters. The van der Waals surface area contributed by atoms with Crippen molar-refractivity contribution in [1.82, 2.24) is 15.3 Å². The third-order valence-electron chi connectivity index (χ3n) is 3.99. The first kappa shape index (κ1) is 18.8. The average molecular weight is 390 g/mol. The summed E-state index contributed by atoms with van der Waals surface area (Å²) in [5.41, 5.74) is 0.584. The van der Waals surface area contributed by atoms with Crippen LogP contribution in [0.5, 0.6) is 0 Å². The van der Waals surface area contributed by atoms with Gasteiger partial charge in [0.05, 0.1) is 24.4 Å². The van der Waals surface area contributed by atoms with E-state index in [2.05, 4.69) is 20.6 Å². The third-order valence-corrected chi connectivity index (χ3v) is 5.04. The zero-order valence-electron chi connectivity index (χ0n) is 14.5. The number of carbonyl (C=O) groups excluding carboxylic acids is 3. The molecule has 3 rings (SSSR count). The summed E-state index contributed by atoms with van der Waals surface area (Å²) in [7, 11) is 0. The standard InChI is InChI=1S/C17H18N4O5S/c1-2-26-16(25)10-4-5-11-14(10)21-17(27-11)20-13(23)8-19-15(24)9-3-6-12(22)18-7-9/h3,6-7,10H,2,4-5,8H2,1H3,(H,18,22)(H,19,24)(H,20,21,23)/t10-/m0/s1. The Hall–Kier alpha value is -3.01. The fraction of sp³-hybridized carbons (Fsp3) is 0.353. The van der Waals surface area contributed by atoms with Crippen molar-refractivity contribution in [2.45, 2.75) is 25.7 Å². The van der Waals surface area contributed by atoms with Crippen molar-refractivity contribution < 1.29 is 19.1 Å². The maximum absolute atomic E-state index is 12.0. The summed E-state index contributed by atoms with van der Waals surface area (Å²) in [4.78, 5) is 54.6. The second-order valence-electron chi connectivity index (χ2n) is 5.84. The van der Waals surface area contributed by atoms with E-state index in [0.29, 0.717) is 23.9 Å². The molecule has 0 radical (unpaired) electrons. The van der Waals surface area contributed by atoms with E-state index >= 15 is 0 Å². The van der Waals surface area contributed by atoms with Gasteiger partial charge >= 0.3 is 5.97 Å². The van der Waals surface area contributed by atoms with Crippen molar-refractivity contribution in [3.8, 4) is 0 Å². The highest BCUT2D eigenvalue weighted by atomic mass is 32.1. The van der Waals surface area contributed by atoms with Crippen LogP contribution in [0.15, 0.2) is 23.1 Å². The molecule has 0 saturated heterocycles. The van der Waals surface area contributed by atoms with Gasteiger partial charge in [0.15, 0.2) is 5.13 Å². The number of pyridine rings is 1. The van der Waals surface area contributed by atoms with E-state index < -0.39 is 11.8 Å². The number of ether oxygens (including phenoxy) is 1. The number of nitrogens with zero attached hydrogens (tertiary/aromatic N) is 1. The molecule has 27 heavy (non-hydrogen) atoms. The van der Waals surface area contributed by atoms with E-state index in [-0.39, 0.29) is 29.6 Å². The summed E-state index contributed by atoms with van der Waals surface area (Å²) in [5, 5.41) is 5.47. The lowest BCUT2D eigenvalue weighted by atomic mass is 10.1. The Bertz CT molecular complexity index is 915. The normalized spacial score (nSPS) is 15.1. The number of aromatic amines is 1. The number of hydrogen-bond acceptors (Lipinski definition) is 7. The van der Waals surface area contributed by atoms with Crippen molar-refractivity contribution in [3.05, 3.63) is 44.8 Å². The number of nitrogens with one attached hydrogen (secondary N) is 3. The smallest absolute Gasteiger partial charge is 0.315 e. The number of fused-ring (bicyclic) bond motifs is 1. The Balaban J connectivity index is 1.55. The Labute approximate surface area is 158 Å². The zero-order chi connectivity index (χ0) is 19.4. The summed E-state index contributed by atoms with van der Waals surface area (Å²) in [6, 6.07) is 2.60. The first-order valence-corrected chi connectivity index (χ1v) is 9.22. The molecular weight excluding hydrogens is 372 g/mol. The molecule has 2 aromatic heterocycles. The Morgan fingerprint density at radius 1 is 1.37 bits per heavy atom. The highest BCUT2D eigenvalue weighted by Crippen LogP contribution is 2.38. The molecule has 2 heterocycles. The summed E-state index contributed by atoms with van der Waals surface area (Å²) in [5.74, 6) is -1.60. The lowest BCUT2D eigenvalue weighted by molar-refractivity contribution is -0.145. The zero-order valence-corrected chi connectivity index (χ0v) is 15.4. The van der Waals surface area contributed by atoms with Crippen LogP contribution in [0.3, 0.4) is 0 Å². The number of amides is 2. The van der Waals surface area contributed by atoms with Crippen LogP contribution in [0.1, 0.15) is 40.2 Å². The molecule has 1 aliphatic rings. The summed E-state index contributed by atoms with van der Waals surface area (Å²) < 4.78 is 5.06. The molecule has 2 amide bonds. The molecule has 1 aliphatic carbocycles. The van der Waals surface area contributed by atoms with E-state index in [1.807, 2.05) is 0 Å². The first-order valence-electron chi connectivity index (χ1n) is 8.41. The van der Waals surface area contributed by atoms with Crippen LogP contribution in [-0.4, -0.2) is 40.9 Å². The largest absolute Gasteiger partial charge is 0.465 e. The average Bonchev–Trinajstić information content (AvgIpc) is 3.20. The minimum Gasteiger partial charge on any atom is -0.465 e. The Morgan fingerprint density at radius 2 is 2.19 bits per heavy atom. The predicted molar refractivity (Wildman–Crippen MR) is 97.8 cm³/mol. The minimum atomic E-state index is -0.481. The van der Waals surface area contributed by atoms with Crippen LogP contribution in [-0.2, 0) is 20.7 Å². The van der Waals surface area contributed by atoms with Gasteiger partial charge in [0.2, 0.25) is 11.5 Å². The van der Waals surface area contributed by atoms with Gasteiger partial charge in [-0.2, -0.15) is 0 Å². The van der Waals surface area contributed by atoms with Gasteiger partial charge in [-0.3, -0.25) is 19.2 Å². The summed E-state index contributed by atoms with van der Waals surface area (Å²) in [6.07, 6.45) is 2.65. The van der Waals surface area contributed by atoms with Crippen molar-refractivity contribution in [2.75, 3.05) is 18.5 Å². The number of carbonyl (C=O) groups is 3. The fourth-order valence-electron chi connectivity index (χ4n) is 2.73. The molecule has 3 N–H and O–H groups in total. The van der Waals surface area contributed by atoms with E-state index in [1.54, 1.807) is 6.92 Å². The van der Waals surface area contributed by atoms with Crippen LogP contribution in [0.2, 0.25) is 0 Å². The number of hydrogen-bond donors (Lipinski definition) is 3. The van der Waals surface area contributed by atoms with Gasteiger partial charge in [-0.15, -0.1) is 11.3 Å². The van der Waals surface area contributed by atoms with Gasteiger partial charge < -0.3 is 20.4 Å². The number of aromatic nitrogens is 2. The molecule has 0 aromatic carbocycles. The number of rotatable bonds is 6. The molecule has 0 fully saturated rings. The van der Waals surface area contributed by atoms with Crippen molar-refractivity contribution in [2.24, 2.45) is 0 Å². The molecule has 1 atom stereocenters. The maximum atomic E-state index is 12.0. The third kappa shape index (κ3) is 4.40. The Kier molecular flexibility index (Phi) is 5.65. The molecule has 9 nitrogen and oxygen atoms in total. The van der Waals surface area contributed by atoms with Crippen LogP contribution in [0, 0.1) is 0 Å². The van der Waals surface area contributed by atoms with Gasteiger partial charge in [-0.05, 0) is 25.8 Å². The van der Waals surface area contributed by atoms with Crippen molar-refractivity contribution in [3.63, 3.8) is 0 Å². The van der Waals surface area contributed by atoms with Crippen molar-refractivity contribution in [1.29, 1.82) is 0 Å². The topological polar surface area (TPSA) is 130 Å². The summed E-state index contributed by atoms with van der Waals surface area (Å²) >= 11 is 1.32. The van der Waals surface area contributed by atoms with Crippen LogP contribution >= 0.6 is 11.3 Å². The van der Waals surface area contributed by atoms with Crippen LogP contribution in [0.4, 0.5) is 5.13 Å². The van der Waals surface area contributed by atoms with Crippen LogP contribution in [0.25, 0.3) is 0 Å². The monoisotopic (exact) mass is 390 g/mol. The van der Waals surface area contributed by atoms with Gasteiger partial charge in [0.1, 0.15) is 5.92 Å². The second-order valence-corrected chi connectivity index (χ2v) is 6.93. The predicted octanol–water partition coefficient (Wildman–Crippen LogP) is 0.793. The van der Waals surface area contributed by atoms with E-state index in [0.717, 1.165) is 11.3 Å². The van der Waals surface area contributed by atoms with Crippen molar-refractivity contribution >= 4 is 34.3 Å². The van der Waals surface area contributed by atoms with Crippen LogP contribution < -0.4 is 16.2 Å². The number of H-pyrrole nitrogens is 1. The van der Waals surface area contributed by atoms with Gasteiger partial charge in [-0.25, -0.2) is 4.98 Å². The highest BCUT2D eigenvalue weighted by molar-refractivity contribution is 7.16. The highest BCUT2D eigenvalue weighted by Gasteiger charge is 2.33. The van der Waals surface area contributed by atoms with Gasteiger partial charge in [0, 0.05) is 17.1 Å². The molecule has 0 bridgehead atoms. The van der Waals surface area contributed by atoms with Gasteiger partial charge in [-0.1, -0.05) is 0 Å².